The second-order valence-corrected chi connectivity index (χ2v) is 6.37. The van der Waals surface area contributed by atoms with Gasteiger partial charge < -0.3 is 20.1 Å². The lowest BCUT2D eigenvalue weighted by molar-refractivity contribution is -0.146. The molecule has 1 rings (SSSR count). The van der Waals surface area contributed by atoms with E-state index in [-0.39, 0.29) is 38.4 Å². The van der Waals surface area contributed by atoms with E-state index in [1.54, 1.807) is 12.1 Å². The minimum Gasteiger partial charge on any atom is -0.454 e. The normalized spacial score (nSPS) is 12.7. The van der Waals surface area contributed by atoms with Crippen molar-refractivity contribution in [2.24, 2.45) is 5.41 Å². The molecule has 25 heavy (non-hydrogen) atoms. The van der Waals surface area contributed by atoms with E-state index in [2.05, 4.69) is 0 Å². The average molecular weight is 352 g/mol. The molecule has 0 aromatic heterocycles. The maximum absolute atomic E-state index is 12.3. The minimum atomic E-state index is -0.997. The Bertz CT molecular complexity index is 539. The number of aryl methyl sites for hydroxylation is 1. The molecule has 3 N–H and O–H groups in total. The molecule has 0 amide bonds. The lowest BCUT2D eigenvalue weighted by Crippen LogP contribution is -2.34. The summed E-state index contributed by atoms with van der Waals surface area (Å²) in [5.41, 5.74) is 0.627. The molecule has 140 valence electrons. The molecule has 0 spiro atoms. The summed E-state index contributed by atoms with van der Waals surface area (Å²) in [6, 6.07) is 7.20. The smallest absolute Gasteiger partial charge is 0.306 e. The molecule has 0 aliphatic rings. The van der Waals surface area contributed by atoms with Gasteiger partial charge in [0.1, 0.15) is 0 Å². The van der Waals surface area contributed by atoms with E-state index in [1.807, 2.05) is 19.1 Å². The Morgan fingerprint density at radius 3 is 2.12 bits per heavy atom. The summed E-state index contributed by atoms with van der Waals surface area (Å²) in [7, 11) is 0. The molecule has 0 heterocycles. The van der Waals surface area contributed by atoms with Crippen molar-refractivity contribution in [3.05, 3.63) is 35.4 Å². The number of carbonyl (C=O) groups excluding carboxylic acids is 2. The minimum absolute atomic E-state index is 0.0497. The molecule has 1 aromatic rings. The summed E-state index contributed by atoms with van der Waals surface area (Å²) in [4.78, 5) is 24.2. The molecule has 0 saturated heterocycles. The molecular formula is C19H28O6. The third-order valence-corrected chi connectivity index (χ3v) is 4.42. The van der Waals surface area contributed by atoms with Crippen molar-refractivity contribution in [1.82, 2.24) is 0 Å². The Kier molecular flexibility index (Phi) is 8.75. The predicted molar refractivity (Wildman–Crippen MR) is 93.2 cm³/mol. The van der Waals surface area contributed by atoms with Gasteiger partial charge in [-0.15, -0.1) is 0 Å². The van der Waals surface area contributed by atoms with Crippen LogP contribution in [-0.4, -0.2) is 53.0 Å². The van der Waals surface area contributed by atoms with E-state index in [1.165, 1.54) is 6.92 Å². The van der Waals surface area contributed by atoms with Crippen LogP contribution in [0.2, 0.25) is 0 Å². The Morgan fingerprint density at radius 2 is 1.64 bits per heavy atom. The number of carbonyl (C=O) groups is 2. The highest BCUT2D eigenvalue weighted by Gasteiger charge is 2.28. The molecule has 6 heteroatoms. The largest absolute Gasteiger partial charge is 0.454 e. The van der Waals surface area contributed by atoms with Crippen molar-refractivity contribution in [3.8, 4) is 0 Å². The molecule has 0 radical (unpaired) electrons. The van der Waals surface area contributed by atoms with E-state index in [4.69, 9.17) is 4.74 Å². The highest BCUT2D eigenvalue weighted by atomic mass is 16.5. The number of ketones is 1. The molecule has 1 atom stereocenters. The zero-order chi connectivity index (χ0) is 18.9. The predicted octanol–water partition coefficient (Wildman–Crippen LogP) is 1.50. The molecule has 0 bridgehead atoms. The van der Waals surface area contributed by atoms with Gasteiger partial charge in [0.25, 0.3) is 0 Å². The Morgan fingerprint density at radius 1 is 1.08 bits per heavy atom. The van der Waals surface area contributed by atoms with Crippen LogP contribution in [0.5, 0.6) is 0 Å². The van der Waals surface area contributed by atoms with E-state index in [9.17, 15) is 24.9 Å². The monoisotopic (exact) mass is 352 g/mol. The van der Waals surface area contributed by atoms with Crippen LogP contribution in [0.3, 0.4) is 0 Å². The second-order valence-electron chi connectivity index (χ2n) is 6.37. The molecule has 0 aliphatic carbocycles. The number of hydrogen-bond donors (Lipinski definition) is 3. The fraction of sp³-hybridized carbons (Fsp3) is 0.579. The van der Waals surface area contributed by atoms with Gasteiger partial charge in [-0.25, -0.2) is 0 Å². The first-order valence-electron chi connectivity index (χ1n) is 8.56. The van der Waals surface area contributed by atoms with Crippen LogP contribution in [0.1, 0.15) is 49.0 Å². The molecular weight excluding hydrogens is 324 g/mol. The van der Waals surface area contributed by atoms with Gasteiger partial charge >= 0.3 is 5.97 Å². The Balaban J connectivity index is 2.48. The Labute approximate surface area is 148 Å². The quantitative estimate of drug-likeness (QED) is 0.412. The number of rotatable bonds is 11. The lowest BCUT2D eigenvalue weighted by Gasteiger charge is -2.27. The van der Waals surface area contributed by atoms with Crippen LogP contribution in [0, 0.1) is 5.41 Å². The Hall–Kier alpha value is -1.76. The molecule has 0 aliphatic heterocycles. The van der Waals surface area contributed by atoms with E-state index >= 15 is 0 Å². The van der Waals surface area contributed by atoms with Gasteiger partial charge in [-0.1, -0.05) is 31.2 Å². The van der Waals surface area contributed by atoms with Gasteiger partial charge in [0.2, 0.25) is 5.78 Å². The number of Topliss-reactive ketones (excluding diaryl/α,β-unsaturated/α-hetero) is 1. The number of aliphatic hydroxyl groups is 3. The van der Waals surface area contributed by atoms with Gasteiger partial charge in [-0.05, 0) is 31.7 Å². The average Bonchev–Trinajstić information content (AvgIpc) is 2.65. The zero-order valence-corrected chi connectivity index (χ0v) is 14.9. The molecule has 6 nitrogen and oxygen atoms in total. The summed E-state index contributed by atoms with van der Waals surface area (Å²) >= 11 is 0. The fourth-order valence-electron chi connectivity index (χ4n) is 2.44. The summed E-state index contributed by atoms with van der Waals surface area (Å²) in [6.45, 7) is 2.47. The molecule has 0 saturated carbocycles. The number of benzene rings is 1. The van der Waals surface area contributed by atoms with Crippen molar-refractivity contribution in [3.63, 3.8) is 0 Å². The first-order chi connectivity index (χ1) is 11.9. The van der Waals surface area contributed by atoms with Crippen molar-refractivity contribution >= 4 is 11.8 Å². The third-order valence-electron chi connectivity index (χ3n) is 4.42. The lowest BCUT2D eigenvalue weighted by atomic mass is 9.85. The summed E-state index contributed by atoms with van der Waals surface area (Å²) in [6.07, 6.45) is 0.682. The van der Waals surface area contributed by atoms with Gasteiger partial charge in [0, 0.05) is 17.4 Å². The van der Waals surface area contributed by atoms with Crippen LogP contribution < -0.4 is 0 Å². The summed E-state index contributed by atoms with van der Waals surface area (Å²) < 4.78 is 5.16. The van der Waals surface area contributed by atoms with Crippen LogP contribution in [0.25, 0.3) is 0 Å². The topological polar surface area (TPSA) is 104 Å². The van der Waals surface area contributed by atoms with Crippen LogP contribution in [0.15, 0.2) is 24.3 Å². The number of esters is 1. The van der Waals surface area contributed by atoms with Crippen LogP contribution in [-0.2, 0) is 16.0 Å². The highest BCUT2D eigenvalue weighted by Crippen LogP contribution is 2.23. The maximum atomic E-state index is 12.3. The van der Waals surface area contributed by atoms with Crippen molar-refractivity contribution in [2.75, 3.05) is 19.8 Å². The van der Waals surface area contributed by atoms with Crippen molar-refractivity contribution in [1.29, 1.82) is 0 Å². The zero-order valence-electron chi connectivity index (χ0n) is 14.9. The van der Waals surface area contributed by atoms with Gasteiger partial charge in [-0.2, -0.15) is 0 Å². The van der Waals surface area contributed by atoms with Gasteiger partial charge in [0.05, 0.1) is 19.8 Å². The van der Waals surface area contributed by atoms with E-state index in [0.29, 0.717) is 12.0 Å². The first kappa shape index (κ1) is 21.3. The highest BCUT2D eigenvalue weighted by molar-refractivity contribution is 6.00. The number of aliphatic hydroxyl groups excluding tert-OH is 3. The first-order valence-corrected chi connectivity index (χ1v) is 8.56. The van der Waals surface area contributed by atoms with Crippen molar-refractivity contribution in [2.45, 2.75) is 45.6 Å². The van der Waals surface area contributed by atoms with Crippen LogP contribution >= 0.6 is 0 Å². The van der Waals surface area contributed by atoms with E-state index in [0.717, 1.165) is 12.0 Å². The fourth-order valence-corrected chi connectivity index (χ4v) is 2.44. The van der Waals surface area contributed by atoms with Crippen molar-refractivity contribution < 1.29 is 29.6 Å². The maximum Gasteiger partial charge on any atom is 0.306 e. The third kappa shape index (κ3) is 6.23. The standard InChI is InChI=1S/C19H28O6/c1-3-15-6-8-16(9-7-15)18(24)14(2)25-17(23)5-4-10-19(11-20,12-21)13-22/h6-9,14,20-22H,3-5,10-13H2,1-2H3. The molecule has 0 fully saturated rings. The number of ether oxygens (including phenoxy) is 1. The number of hydrogen-bond acceptors (Lipinski definition) is 6. The summed E-state index contributed by atoms with van der Waals surface area (Å²) in [5.74, 6) is -0.778. The molecule has 1 aromatic carbocycles. The second kappa shape index (κ2) is 10.3. The SMILES string of the molecule is CCc1ccc(C(=O)C(C)OC(=O)CCCC(CO)(CO)CO)cc1. The van der Waals surface area contributed by atoms with Gasteiger partial charge in [0.15, 0.2) is 6.10 Å². The van der Waals surface area contributed by atoms with E-state index < -0.39 is 17.5 Å². The van der Waals surface area contributed by atoms with Crippen LogP contribution in [0.4, 0.5) is 0 Å². The summed E-state index contributed by atoms with van der Waals surface area (Å²) in [5, 5.41) is 27.7. The van der Waals surface area contributed by atoms with Gasteiger partial charge in [-0.3, -0.25) is 9.59 Å². The molecule has 1 unspecified atom stereocenters.